The van der Waals surface area contributed by atoms with Crippen LogP contribution in [0.5, 0.6) is 0 Å². The number of rotatable bonds is 3. The minimum absolute atomic E-state index is 0.00309. The Morgan fingerprint density at radius 3 is 2.42 bits per heavy atom. The van der Waals surface area contributed by atoms with Crippen LogP contribution in [0.4, 0.5) is 0 Å². The number of aromatic carboxylic acids is 1. The maximum absolute atomic E-state index is 11.2. The fourth-order valence-electron chi connectivity index (χ4n) is 2.34. The van der Waals surface area contributed by atoms with Crippen LogP contribution in [0, 0.1) is 13.8 Å². The number of aryl methyl sites for hydroxylation is 2. The number of hydrogen-bond donors (Lipinski definition) is 1. The third-order valence-corrected chi connectivity index (χ3v) is 3.28. The summed E-state index contributed by atoms with van der Waals surface area (Å²) >= 11 is 0. The minimum atomic E-state index is -1.04. The van der Waals surface area contributed by atoms with Crippen LogP contribution in [0.2, 0.25) is 0 Å². The normalized spacial score (nSPS) is 14.6. The van der Waals surface area contributed by atoms with Gasteiger partial charge in [-0.15, -0.1) is 0 Å². The zero-order valence-corrected chi connectivity index (χ0v) is 10.9. The molecule has 1 aromatic carbocycles. The summed E-state index contributed by atoms with van der Waals surface area (Å²) in [6.45, 7) is 4.00. The van der Waals surface area contributed by atoms with Crippen LogP contribution in [0.1, 0.15) is 46.1 Å². The number of oxazole rings is 1. The van der Waals surface area contributed by atoms with E-state index in [1.54, 1.807) is 0 Å². The molecule has 0 saturated heterocycles. The van der Waals surface area contributed by atoms with E-state index in [1.807, 2.05) is 26.0 Å². The Kier molecular flexibility index (Phi) is 2.66. The Balaban J connectivity index is 2.09. The Morgan fingerprint density at radius 2 is 1.89 bits per heavy atom. The van der Waals surface area contributed by atoms with Gasteiger partial charge in [-0.1, -0.05) is 17.2 Å². The van der Waals surface area contributed by atoms with Crippen molar-refractivity contribution in [3.05, 3.63) is 40.8 Å². The van der Waals surface area contributed by atoms with Crippen LogP contribution in [0.3, 0.4) is 0 Å². The summed E-state index contributed by atoms with van der Waals surface area (Å²) < 4.78 is 5.46. The molecular weight excluding hydrogens is 242 g/mol. The maximum Gasteiger partial charge on any atom is 0.373 e. The number of nitrogens with zero attached hydrogens (tertiary/aromatic N) is 1. The summed E-state index contributed by atoms with van der Waals surface area (Å²) in [6, 6.07) is 5.98. The molecule has 1 fully saturated rings. The molecule has 1 N–H and O–H groups in total. The van der Waals surface area contributed by atoms with Crippen LogP contribution >= 0.6 is 0 Å². The van der Waals surface area contributed by atoms with Crippen molar-refractivity contribution in [1.82, 2.24) is 4.98 Å². The first-order chi connectivity index (χ1) is 9.04. The summed E-state index contributed by atoms with van der Waals surface area (Å²) in [5.74, 6) is -0.373. The van der Waals surface area contributed by atoms with Crippen LogP contribution in [0.25, 0.3) is 11.5 Å². The van der Waals surface area contributed by atoms with E-state index in [0.29, 0.717) is 11.6 Å². The largest absolute Gasteiger partial charge is 0.475 e. The molecule has 0 aliphatic heterocycles. The van der Waals surface area contributed by atoms with E-state index in [0.717, 1.165) is 29.5 Å². The molecule has 0 unspecified atom stereocenters. The van der Waals surface area contributed by atoms with Crippen molar-refractivity contribution in [2.24, 2.45) is 0 Å². The van der Waals surface area contributed by atoms with Gasteiger partial charge in [0.05, 0.1) is 5.69 Å². The van der Waals surface area contributed by atoms with Crippen LogP contribution in [0.15, 0.2) is 22.6 Å². The third-order valence-electron chi connectivity index (χ3n) is 3.28. The third kappa shape index (κ3) is 2.26. The molecule has 19 heavy (non-hydrogen) atoms. The topological polar surface area (TPSA) is 63.3 Å². The molecule has 2 aromatic rings. The van der Waals surface area contributed by atoms with Crippen molar-refractivity contribution in [1.29, 1.82) is 0 Å². The summed E-state index contributed by atoms with van der Waals surface area (Å²) in [4.78, 5) is 15.6. The summed E-state index contributed by atoms with van der Waals surface area (Å²) in [7, 11) is 0. The number of carbonyl (C=O) groups is 1. The lowest BCUT2D eigenvalue weighted by Gasteiger charge is -2.00. The molecule has 4 heteroatoms. The van der Waals surface area contributed by atoms with Crippen molar-refractivity contribution < 1.29 is 14.3 Å². The quantitative estimate of drug-likeness (QED) is 0.913. The molecule has 1 aliphatic carbocycles. The number of aromatic nitrogens is 1. The van der Waals surface area contributed by atoms with E-state index in [-0.39, 0.29) is 11.7 Å². The Bertz CT molecular complexity index is 633. The Hall–Kier alpha value is -2.10. The first kappa shape index (κ1) is 12.0. The van der Waals surface area contributed by atoms with Crippen LogP contribution in [-0.4, -0.2) is 16.1 Å². The number of benzene rings is 1. The highest BCUT2D eigenvalue weighted by Crippen LogP contribution is 2.42. The summed E-state index contributed by atoms with van der Waals surface area (Å²) in [6.07, 6.45) is 2.00. The molecule has 98 valence electrons. The Labute approximate surface area is 111 Å². The predicted octanol–water partition coefficient (Wildman–Crippen LogP) is 3.53. The van der Waals surface area contributed by atoms with Gasteiger partial charge in [-0.25, -0.2) is 9.78 Å². The lowest BCUT2D eigenvalue weighted by atomic mass is 10.1. The average molecular weight is 257 g/mol. The molecule has 0 amide bonds. The van der Waals surface area contributed by atoms with Gasteiger partial charge in [0.15, 0.2) is 0 Å². The van der Waals surface area contributed by atoms with Gasteiger partial charge in [0.25, 0.3) is 0 Å². The van der Waals surface area contributed by atoms with Crippen LogP contribution in [-0.2, 0) is 0 Å². The minimum Gasteiger partial charge on any atom is -0.475 e. The summed E-state index contributed by atoms with van der Waals surface area (Å²) in [5, 5.41) is 9.18. The smallest absolute Gasteiger partial charge is 0.373 e. The number of carboxylic acids is 1. The van der Waals surface area contributed by atoms with Gasteiger partial charge in [0, 0.05) is 11.5 Å². The second-order valence-electron chi connectivity index (χ2n) is 5.19. The molecule has 0 bridgehead atoms. The summed E-state index contributed by atoms with van der Waals surface area (Å²) in [5.41, 5.74) is 3.66. The zero-order chi connectivity index (χ0) is 13.6. The van der Waals surface area contributed by atoms with E-state index in [2.05, 4.69) is 11.1 Å². The van der Waals surface area contributed by atoms with Crippen molar-refractivity contribution in [3.63, 3.8) is 0 Å². The van der Waals surface area contributed by atoms with Gasteiger partial charge in [-0.2, -0.15) is 0 Å². The average Bonchev–Trinajstić information content (AvgIpc) is 3.06. The molecule has 1 aromatic heterocycles. The van der Waals surface area contributed by atoms with E-state index in [9.17, 15) is 9.90 Å². The molecule has 0 atom stereocenters. The van der Waals surface area contributed by atoms with Crippen molar-refractivity contribution in [2.75, 3.05) is 0 Å². The van der Waals surface area contributed by atoms with E-state index >= 15 is 0 Å². The number of hydrogen-bond acceptors (Lipinski definition) is 3. The first-order valence-corrected chi connectivity index (χ1v) is 6.37. The van der Waals surface area contributed by atoms with E-state index < -0.39 is 5.97 Å². The SMILES string of the molecule is Cc1cc(C)cc(-c2nc(C3CC3)c(C(=O)O)o2)c1. The molecule has 1 heterocycles. The second kappa shape index (κ2) is 4.23. The zero-order valence-electron chi connectivity index (χ0n) is 10.9. The number of carboxylic acid groups (broad SMARTS) is 1. The fraction of sp³-hybridized carbons (Fsp3) is 0.333. The highest BCUT2D eigenvalue weighted by molar-refractivity contribution is 5.86. The maximum atomic E-state index is 11.2. The molecule has 3 rings (SSSR count). The second-order valence-corrected chi connectivity index (χ2v) is 5.19. The fourth-order valence-corrected chi connectivity index (χ4v) is 2.34. The van der Waals surface area contributed by atoms with Gasteiger partial charge in [0.2, 0.25) is 11.7 Å². The van der Waals surface area contributed by atoms with Crippen LogP contribution < -0.4 is 0 Å². The van der Waals surface area contributed by atoms with Crippen molar-refractivity contribution in [3.8, 4) is 11.5 Å². The standard InChI is InChI=1S/C15H15NO3/c1-8-5-9(2)7-11(6-8)14-16-12(10-3-4-10)13(19-14)15(17)18/h5-7,10H,3-4H2,1-2H3,(H,17,18). The lowest BCUT2D eigenvalue weighted by molar-refractivity contribution is 0.0661. The van der Waals surface area contributed by atoms with Gasteiger partial charge in [-0.3, -0.25) is 0 Å². The van der Waals surface area contributed by atoms with Crippen molar-refractivity contribution in [2.45, 2.75) is 32.6 Å². The first-order valence-electron chi connectivity index (χ1n) is 6.37. The molecule has 1 saturated carbocycles. The van der Waals surface area contributed by atoms with Gasteiger partial charge >= 0.3 is 5.97 Å². The molecule has 4 nitrogen and oxygen atoms in total. The monoisotopic (exact) mass is 257 g/mol. The lowest BCUT2D eigenvalue weighted by Crippen LogP contribution is -1.98. The molecular formula is C15H15NO3. The highest BCUT2D eigenvalue weighted by Gasteiger charge is 2.33. The Morgan fingerprint density at radius 1 is 1.26 bits per heavy atom. The van der Waals surface area contributed by atoms with E-state index in [1.165, 1.54) is 0 Å². The van der Waals surface area contributed by atoms with Gasteiger partial charge < -0.3 is 9.52 Å². The van der Waals surface area contributed by atoms with E-state index in [4.69, 9.17) is 4.42 Å². The highest BCUT2D eigenvalue weighted by atomic mass is 16.4. The predicted molar refractivity (Wildman–Crippen MR) is 70.3 cm³/mol. The van der Waals surface area contributed by atoms with Gasteiger partial charge in [-0.05, 0) is 38.8 Å². The van der Waals surface area contributed by atoms with Gasteiger partial charge in [0.1, 0.15) is 0 Å². The molecule has 0 spiro atoms. The van der Waals surface area contributed by atoms with Crippen molar-refractivity contribution >= 4 is 5.97 Å². The molecule has 0 radical (unpaired) electrons. The molecule has 1 aliphatic rings.